The highest BCUT2D eigenvalue weighted by Gasteiger charge is 2.21. The largest absolute Gasteiger partial charge is 0.309 e. The number of benzene rings is 8. The van der Waals surface area contributed by atoms with Gasteiger partial charge in [-0.05, 0) is 57.9 Å². The van der Waals surface area contributed by atoms with Gasteiger partial charge in [0.1, 0.15) is 5.82 Å². The zero-order chi connectivity index (χ0) is 30.2. The monoisotopic (exact) mass is 585 g/mol. The fraction of sp³-hybridized carbons (Fsp3) is 0. The number of imidazole rings is 1. The number of rotatable bonds is 3. The molecule has 10 aromatic rings. The minimum atomic E-state index is 0.932. The molecule has 0 saturated heterocycles. The van der Waals surface area contributed by atoms with Crippen LogP contribution in [0.1, 0.15) is 0 Å². The number of fused-ring (bicyclic) bond motifs is 10. The van der Waals surface area contributed by atoms with Gasteiger partial charge < -0.3 is 4.57 Å². The fourth-order valence-electron chi connectivity index (χ4n) is 7.45. The van der Waals surface area contributed by atoms with Gasteiger partial charge in [-0.15, -0.1) is 0 Å². The van der Waals surface area contributed by atoms with E-state index in [1.165, 1.54) is 48.7 Å². The number of hydrogen-bond acceptors (Lipinski definition) is 1. The van der Waals surface area contributed by atoms with Gasteiger partial charge in [-0.25, -0.2) is 4.98 Å². The van der Waals surface area contributed by atoms with E-state index in [1.807, 2.05) is 0 Å². The second-order valence-electron chi connectivity index (χ2n) is 12.0. The second kappa shape index (κ2) is 9.65. The number of nitrogens with zero attached hydrogens (tertiary/aromatic N) is 3. The quantitative estimate of drug-likeness (QED) is 0.189. The van der Waals surface area contributed by atoms with Crippen molar-refractivity contribution in [2.45, 2.75) is 0 Å². The van der Waals surface area contributed by atoms with Crippen LogP contribution in [0.25, 0.3) is 87.9 Å². The summed E-state index contributed by atoms with van der Waals surface area (Å²) in [6.45, 7) is 0. The summed E-state index contributed by atoms with van der Waals surface area (Å²) in [7, 11) is 0. The summed E-state index contributed by atoms with van der Waals surface area (Å²) in [6, 6.07) is 58.9. The first kappa shape index (κ1) is 25.2. The first-order chi connectivity index (χ1) is 22.8. The van der Waals surface area contributed by atoms with Crippen molar-refractivity contribution in [2.24, 2.45) is 0 Å². The molecular weight excluding hydrogens is 558 g/mol. The summed E-state index contributed by atoms with van der Waals surface area (Å²) >= 11 is 0. The molecule has 2 aromatic heterocycles. The molecule has 0 unspecified atom stereocenters. The number of para-hydroxylation sites is 2. The van der Waals surface area contributed by atoms with Crippen LogP contribution in [0, 0.1) is 0 Å². The topological polar surface area (TPSA) is 22.8 Å². The molecule has 0 aliphatic heterocycles. The number of hydrogen-bond donors (Lipinski definition) is 0. The zero-order valence-corrected chi connectivity index (χ0v) is 24.9. The summed E-state index contributed by atoms with van der Waals surface area (Å²) in [5, 5.41) is 9.74. The molecule has 46 heavy (non-hydrogen) atoms. The van der Waals surface area contributed by atoms with Crippen molar-refractivity contribution in [1.29, 1.82) is 0 Å². The lowest BCUT2D eigenvalue weighted by Gasteiger charge is -2.15. The fourth-order valence-corrected chi connectivity index (χ4v) is 7.45. The molecule has 2 heterocycles. The molecular formula is C43H27N3. The van der Waals surface area contributed by atoms with Gasteiger partial charge in [0.2, 0.25) is 0 Å². The Hall–Kier alpha value is -6.19. The van der Waals surface area contributed by atoms with Crippen LogP contribution < -0.4 is 0 Å². The van der Waals surface area contributed by atoms with Crippen LogP contribution in [0.5, 0.6) is 0 Å². The molecule has 10 rings (SSSR count). The SMILES string of the molecule is c1cc(-n2c(-c3ccc4ccccc4c3)nc3c4ccccc4c4ccccc4c32)cc(-n2c3ccccc3c3ccccc32)c1. The van der Waals surface area contributed by atoms with E-state index < -0.39 is 0 Å². The van der Waals surface area contributed by atoms with Crippen molar-refractivity contribution >= 4 is 65.2 Å². The summed E-state index contributed by atoms with van der Waals surface area (Å²) in [4.78, 5) is 5.49. The van der Waals surface area contributed by atoms with Crippen molar-refractivity contribution in [3.8, 4) is 22.8 Å². The Kier molecular flexibility index (Phi) is 5.28. The molecule has 0 radical (unpaired) electrons. The van der Waals surface area contributed by atoms with E-state index in [4.69, 9.17) is 4.98 Å². The first-order valence-corrected chi connectivity index (χ1v) is 15.7. The van der Waals surface area contributed by atoms with E-state index >= 15 is 0 Å². The highest BCUT2D eigenvalue weighted by Crippen LogP contribution is 2.40. The van der Waals surface area contributed by atoms with Crippen LogP contribution in [0.3, 0.4) is 0 Å². The Labute approximate surface area is 265 Å². The van der Waals surface area contributed by atoms with E-state index in [9.17, 15) is 0 Å². The second-order valence-corrected chi connectivity index (χ2v) is 12.0. The van der Waals surface area contributed by atoms with Crippen molar-refractivity contribution in [1.82, 2.24) is 14.1 Å². The van der Waals surface area contributed by atoms with Gasteiger partial charge in [0.05, 0.1) is 22.1 Å². The predicted molar refractivity (Wildman–Crippen MR) is 193 cm³/mol. The van der Waals surface area contributed by atoms with Gasteiger partial charge in [0, 0.05) is 38.5 Å². The maximum atomic E-state index is 5.49. The molecule has 0 aliphatic rings. The van der Waals surface area contributed by atoms with Crippen molar-refractivity contribution in [2.75, 3.05) is 0 Å². The molecule has 0 saturated carbocycles. The van der Waals surface area contributed by atoms with Crippen LogP contribution in [0.2, 0.25) is 0 Å². The Balaban J connectivity index is 1.33. The highest BCUT2D eigenvalue weighted by molar-refractivity contribution is 6.24. The Morgan fingerprint density at radius 1 is 0.370 bits per heavy atom. The molecule has 214 valence electrons. The van der Waals surface area contributed by atoms with E-state index in [0.717, 1.165) is 39.2 Å². The van der Waals surface area contributed by atoms with E-state index in [-0.39, 0.29) is 0 Å². The van der Waals surface area contributed by atoms with Gasteiger partial charge in [-0.1, -0.05) is 127 Å². The van der Waals surface area contributed by atoms with Crippen LogP contribution in [0.15, 0.2) is 164 Å². The lowest BCUT2D eigenvalue weighted by Crippen LogP contribution is -2.01. The molecule has 8 aromatic carbocycles. The molecule has 0 amide bonds. The molecule has 0 fully saturated rings. The molecule has 0 atom stereocenters. The molecule has 0 bridgehead atoms. The van der Waals surface area contributed by atoms with E-state index in [1.54, 1.807) is 0 Å². The van der Waals surface area contributed by atoms with Crippen LogP contribution in [-0.4, -0.2) is 14.1 Å². The van der Waals surface area contributed by atoms with Gasteiger partial charge in [0.25, 0.3) is 0 Å². The molecule has 0 N–H and O–H groups in total. The van der Waals surface area contributed by atoms with Gasteiger partial charge >= 0.3 is 0 Å². The average Bonchev–Trinajstić information content (AvgIpc) is 3.69. The third-order valence-electron chi connectivity index (χ3n) is 9.47. The standard InChI is InChI=1S/C43H27N3/c1-2-13-29-26-30(25-24-28(29)12-1)43-44-41-37-20-5-3-16-33(37)34-17-4-6-21-38(34)42(41)46(43)32-15-11-14-31(27-32)45-39-22-9-7-18-35(39)36-19-8-10-23-40(36)45/h1-27H. The van der Waals surface area contributed by atoms with Crippen LogP contribution in [0.4, 0.5) is 0 Å². The smallest absolute Gasteiger partial charge is 0.145 e. The van der Waals surface area contributed by atoms with Crippen molar-refractivity contribution in [3.63, 3.8) is 0 Å². The van der Waals surface area contributed by atoms with Crippen molar-refractivity contribution in [3.05, 3.63) is 164 Å². The predicted octanol–water partition coefficient (Wildman–Crippen LogP) is 11.2. The normalized spacial score (nSPS) is 11.9. The molecule has 0 spiro atoms. The molecule has 0 aliphatic carbocycles. The Morgan fingerprint density at radius 2 is 0.913 bits per heavy atom. The minimum absolute atomic E-state index is 0.932. The number of aromatic nitrogens is 3. The average molecular weight is 586 g/mol. The third-order valence-corrected chi connectivity index (χ3v) is 9.47. The molecule has 3 heteroatoms. The van der Waals surface area contributed by atoms with Gasteiger partial charge in [-0.2, -0.15) is 0 Å². The Bertz CT molecular complexity index is 2760. The maximum Gasteiger partial charge on any atom is 0.145 e. The summed E-state index contributed by atoms with van der Waals surface area (Å²) < 4.78 is 4.77. The minimum Gasteiger partial charge on any atom is -0.309 e. The summed E-state index contributed by atoms with van der Waals surface area (Å²) in [5.41, 5.74) is 7.81. The van der Waals surface area contributed by atoms with Crippen LogP contribution >= 0.6 is 0 Å². The maximum absolute atomic E-state index is 5.49. The summed E-state index contributed by atoms with van der Waals surface area (Å²) in [5.74, 6) is 0.932. The first-order valence-electron chi connectivity index (χ1n) is 15.7. The van der Waals surface area contributed by atoms with Gasteiger partial charge in [-0.3, -0.25) is 4.57 Å². The summed E-state index contributed by atoms with van der Waals surface area (Å²) in [6.07, 6.45) is 0. The Morgan fingerprint density at radius 3 is 1.63 bits per heavy atom. The lowest BCUT2D eigenvalue weighted by molar-refractivity contribution is 1.09. The highest BCUT2D eigenvalue weighted by atomic mass is 15.1. The van der Waals surface area contributed by atoms with Crippen LogP contribution in [-0.2, 0) is 0 Å². The zero-order valence-electron chi connectivity index (χ0n) is 24.9. The van der Waals surface area contributed by atoms with E-state index in [2.05, 4.69) is 173 Å². The third kappa shape index (κ3) is 3.57. The molecule has 3 nitrogen and oxygen atoms in total. The van der Waals surface area contributed by atoms with Crippen molar-refractivity contribution < 1.29 is 0 Å². The van der Waals surface area contributed by atoms with E-state index in [0.29, 0.717) is 0 Å². The van der Waals surface area contributed by atoms with Gasteiger partial charge in [0.15, 0.2) is 0 Å². The lowest BCUT2D eigenvalue weighted by atomic mass is 10.00.